The number of amides is 1. The van der Waals surface area contributed by atoms with E-state index in [-0.39, 0.29) is 28.8 Å². The number of aromatic nitrogens is 2. The van der Waals surface area contributed by atoms with Crippen LogP contribution in [0.3, 0.4) is 0 Å². The molecule has 0 bridgehead atoms. The van der Waals surface area contributed by atoms with E-state index in [1.807, 2.05) is 61.2 Å². The van der Waals surface area contributed by atoms with Crippen molar-refractivity contribution in [2.45, 2.75) is 66.8 Å². The van der Waals surface area contributed by atoms with Gasteiger partial charge in [0.1, 0.15) is 11.6 Å². The Morgan fingerprint density at radius 1 is 1.09 bits per heavy atom. The summed E-state index contributed by atoms with van der Waals surface area (Å²) in [6.07, 6.45) is 2.06. The third kappa shape index (κ3) is 5.92. The highest BCUT2D eigenvalue weighted by Crippen LogP contribution is 2.31. The molecule has 0 spiro atoms. The molecular formula is C29H39N3O3. The molecule has 0 saturated heterocycles. The second-order valence-electron chi connectivity index (χ2n) is 10.5. The molecular weight excluding hydrogens is 438 g/mol. The molecule has 188 valence electrons. The molecule has 3 aromatic rings. The minimum atomic E-state index is -0.350. The minimum absolute atomic E-state index is 0.0880. The average molecular weight is 478 g/mol. The summed E-state index contributed by atoms with van der Waals surface area (Å²) in [6, 6.07) is 14.4. The zero-order chi connectivity index (χ0) is 25.8. The first kappa shape index (κ1) is 26.5. The highest BCUT2D eigenvalue weighted by atomic mass is 16.5. The number of benzene rings is 2. The Hall–Kier alpha value is -3.15. The Morgan fingerprint density at radius 3 is 2.37 bits per heavy atom. The van der Waals surface area contributed by atoms with Gasteiger partial charge in [-0.2, -0.15) is 0 Å². The van der Waals surface area contributed by atoms with Gasteiger partial charge in [-0.05, 0) is 55.4 Å². The van der Waals surface area contributed by atoms with Gasteiger partial charge in [0.05, 0.1) is 29.7 Å². The van der Waals surface area contributed by atoms with Crippen LogP contribution in [0.4, 0.5) is 0 Å². The molecule has 35 heavy (non-hydrogen) atoms. The Balaban J connectivity index is 2.16. The van der Waals surface area contributed by atoms with Crippen molar-refractivity contribution in [2.24, 2.45) is 11.3 Å². The average Bonchev–Trinajstić information content (AvgIpc) is 2.81. The summed E-state index contributed by atoms with van der Waals surface area (Å²) in [5.41, 5.74) is 1.24. The van der Waals surface area contributed by atoms with Crippen LogP contribution < -0.4 is 10.3 Å². The Labute approximate surface area is 208 Å². The van der Waals surface area contributed by atoms with Crippen molar-refractivity contribution < 1.29 is 9.53 Å². The first-order valence-electron chi connectivity index (χ1n) is 12.6. The van der Waals surface area contributed by atoms with Gasteiger partial charge in [0.15, 0.2) is 0 Å². The van der Waals surface area contributed by atoms with Crippen molar-refractivity contribution >= 4 is 16.8 Å². The molecule has 6 heteroatoms. The van der Waals surface area contributed by atoms with Gasteiger partial charge in [-0.15, -0.1) is 0 Å². The molecule has 0 saturated carbocycles. The standard InChI is InChI=1S/C29H39N3O3/c1-8-23(31(9-2)26(33)18-20(3)19-29(4,5)6)27-30-22-15-11-10-14-21(22)28(34)32(27)24-16-12-13-17-25(24)35-7/h10-17,20,23H,8-9,18-19H2,1-7H3. The van der Waals surface area contributed by atoms with Gasteiger partial charge in [0, 0.05) is 13.0 Å². The van der Waals surface area contributed by atoms with E-state index >= 15 is 0 Å². The van der Waals surface area contributed by atoms with E-state index in [0.717, 1.165) is 6.42 Å². The molecule has 0 radical (unpaired) electrons. The number of carbonyl (C=O) groups is 1. The van der Waals surface area contributed by atoms with Crippen LogP contribution >= 0.6 is 0 Å². The third-order valence-electron chi connectivity index (χ3n) is 6.33. The maximum Gasteiger partial charge on any atom is 0.266 e. The lowest BCUT2D eigenvalue weighted by atomic mass is 9.84. The second kappa shape index (κ2) is 11.1. The van der Waals surface area contributed by atoms with Crippen molar-refractivity contribution in [2.75, 3.05) is 13.7 Å². The van der Waals surface area contributed by atoms with Crippen LogP contribution in [0.15, 0.2) is 53.3 Å². The summed E-state index contributed by atoms with van der Waals surface area (Å²) in [6.45, 7) is 13.3. The van der Waals surface area contributed by atoms with Gasteiger partial charge in [0.2, 0.25) is 5.91 Å². The van der Waals surface area contributed by atoms with Crippen molar-refractivity contribution in [1.82, 2.24) is 14.5 Å². The third-order valence-corrected chi connectivity index (χ3v) is 6.33. The number of methoxy groups -OCH3 is 1. The van der Waals surface area contributed by atoms with Gasteiger partial charge >= 0.3 is 0 Å². The maximum atomic E-state index is 13.8. The van der Waals surface area contributed by atoms with Crippen molar-refractivity contribution in [3.05, 3.63) is 64.7 Å². The quantitative estimate of drug-likeness (QED) is 0.370. The van der Waals surface area contributed by atoms with Crippen LogP contribution in [0.5, 0.6) is 5.75 Å². The number of fused-ring (bicyclic) bond motifs is 1. The van der Waals surface area contributed by atoms with Crippen molar-refractivity contribution in [3.8, 4) is 11.4 Å². The summed E-state index contributed by atoms with van der Waals surface area (Å²) >= 11 is 0. The smallest absolute Gasteiger partial charge is 0.266 e. The van der Waals surface area contributed by atoms with E-state index in [2.05, 4.69) is 27.7 Å². The number of hydrogen-bond acceptors (Lipinski definition) is 4. The number of carbonyl (C=O) groups excluding carboxylic acids is 1. The van der Waals surface area contributed by atoms with E-state index in [4.69, 9.17) is 9.72 Å². The van der Waals surface area contributed by atoms with Gasteiger partial charge in [-0.25, -0.2) is 4.98 Å². The molecule has 2 aromatic carbocycles. The SMILES string of the molecule is CCC(c1nc2ccccc2c(=O)n1-c1ccccc1OC)N(CC)C(=O)CC(C)CC(C)(C)C. The molecule has 3 rings (SSSR count). The molecule has 0 aliphatic carbocycles. The number of ether oxygens (including phenoxy) is 1. The highest BCUT2D eigenvalue weighted by molar-refractivity contribution is 5.79. The van der Waals surface area contributed by atoms with Crippen LogP contribution in [0.2, 0.25) is 0 Å². The first-order chi connectivity index (χ1) is 16.6. The van der Waals surface area contributed by atoms with E-state index in [1.54, 1.807) is 17.7 Å². The van der Waals surface area contributed by atoms with Gasteiger partial charge in [-0.1, -0.05) is 58.9 Å². The zero-order valence-electron chi connectivity index (χ0n) is 22.2. The molecule has 0 aliphatic rings. The lowest BCUT2D eigenvalue weighted by Gasteiger charge is -2.33. The largest absolute Gasteiger partial charge is 0.495 e. The predicted octanol–water partition coefficient (Wildman–Crippen LogP) is 6.16. The minimum Gasteiger partial charge on any atom is -0.495 e. The fraction of sp³-hybridized carbons (Fsp3) is 0.483. The maximum absolute atomic E-state index is 13.8. The topological polar surface area (TPSA) is 64.4 Å². The second-order valence-corrected chi connectivity index (χ2v) is 10.5. The van der Waals surface area contributed by atoms with E-state index < -0.39 is 0 Å². The Morgan fingerprint density at radius 2 is 1.74 bits per heavy atom. The fourth-order valence-electron chi connectivity index (χ4n) is 5.07. The number of rotatable bonds is 9. The molecule has 2 unspecified atom stereocenters. The lowest BCUT2D eigenvalue weighted by Crippen LogP contribution is -2.39. The Bertz CT molecular complexity index is 1230. The number of nitrogens with zero attached hydrogens (tertiary/aromatic N) is 3. The van der Waals surface area contributed by atoms with E-state index in [9.17, 15) is 9.59 Å². The molecule has 6 nitrogen and oxygen atoms in total. The summed E-state index contributed by atoms with van der Waals surface area (Å²) in [7, 11) is 1.59. The van der Waals surface area contributed by atoms with Crippen LogP contribution in [0, 0.1) is 11.3 Å². The number of hydrogen-bond donors (Lipinski definition) is 0. The predicted molar refractivity (Wildman–Crippen MR) is 142 cm³/mol. The molecule has 1 amide bonds. The van der Waals surface area contributed by atoms with E-state index in [1.165, 1.54) is 0 Å². The molecule has 2 atom stereocenters. The van der Waals surface area contributed by atoms with E-state index in [0.29, 0.717) is 47.6 Å². The summed E-state index contributed by atoms with van der Waals surface area (Å²) < 4.78 is 7.23. The molecule has 0 aliphatic heterocycles. The first-order valence-corrected chi connectivity index (χ1v) is 12.6. The lowest BCUT2D eigenvalue weighted by molar-refractivity contribution is -0.134. The Kier molecular flexibility index (Phi) is 8.36. The monoisotopic (exact) mass is 477 g/mol. The number of para-hydroxylation sites is 3. The molecule has 0 fully saturated rings. The van der Waals surface area contributed by atoms with Crippen LogP contribution in [0.1, 0.15) is 72.7 Å². The van der Waals surface area contributed by atoms with Crippen LogP contribution in [-0.2, 0) is 4.79 Å². The van der Waals surface area contributed by atoms with Gasteiger partial charge in [0.25, 0.3) is 5.56 Å². The summed E-state index contributed by atoms with van der Waals surface area (Å²) in [4.78, 5) is 34.2. The van der Waals surface area contributed by atoms with Crippen molar-refractivity contribution in [3.63, 3.8) is 0 Å². The molecule has 1 heterocycles. The van der Waals surface area contributed by atoms with Gasteiger partial charge in [-0.3, -0.25) is 14.2 Å². The zero-order valence-corrected chi connectivity index (χ0v) is 22.2. The van der Waals surface area contributed by atoms with Gasteiger partial charge < -0.3 is 9.64 Å². The van der Waals surface area contributed by atoms with Crippen LogP contribution in [0.25, 0.3) is 16.6 Å². The van der Waals surface area contributed by atoms with Crippen molar-refractivity contribution in [1.29, 1.82) is 0 Å². The van der Waals surface area contributed by atoms with Crippen LogP contribution in [-0.4, -0.2) is 34.0 Å². The summed E-state index contributed by atoms with van der Waals surface area (Å²) in [5, 5.41) is 0.533. The highest BCUT2D eigenvalue weighted by Gasteiger charge is 2.30. The fourth-order valence-corrected chi connectivity index (χ4v) is 5.07. The molecule has 1 aromatic heterocycles. The normalized spacial score (nSPS) is 13.5. The molecule has 0 N–H and O–H groups in total. The summed E-state index contributed by atoms with van der Waals surface area (Å²) in [5.74, 6) is 1.48.